The number of carbonyl (C=O) groups is 2. The highest BCUT2D eigenvalue weighted by molar-refractivity contribution is 5.94. The molecule has 0 aliphatic carbocycles. The Morgan fingerprint density at radius 3 is 2.67 bits per heavy atom. The molecule has 224 valence electrons. The van der Waals surface area contributed by atoms with E-state index in [2.05, 4.69) is 29.5 Å². The molecule has 2 aliphatic rings. The standard InChI is InChI=1S/C34H38FN5O3/c1-6-19(2)27-11-8-24-14-23(27)17-40(5)33(41)31(38-25-9-12-28-29(15-25)30(35)16-37-32(28)36)22-7-10-26(20(3)13-22)21(4)18-43-34(42)39-24/h7-16,19,21,31,38H,6,17-18H2,1-5H3,(H2,36,37)(H,39,42)/t19-,21+,31-/m1/s1. The van der Waals surface area contributed by atoms with Crippen LogP contribution in [0.5, 0.6) is 0 Å². The molecule has 43 heavy (non-hydrogen) atoms. The first-order valence-electron chi connectivity index (χ1n) is 14.6. The predicted octanol–water partition coefficient (Wildman–Crippen LogP) is 7.26. The number of anilines is 3. The van der Waals surface area contributed by atoms with Gasteiger partial charge in [-0.25, -0.2) is 14.2 Å². The zero-order chi connectivity index (χ0) is 30.8. The minimum absolute atomic E-state index is 0.0663. The highest BCUT2D eigenvalue weighted by atomic mass is 19.1. The number of aryl methyl sites for hydroxylation is 1. The quantitative estimate of drug-likeness (QED) is 0.233. The fourth-order valence-corrected chi connectivity index (χ4v) is 5.73. The van der Waals surface area contributed by atoms with Crippen LogP contribution in [0, 0.1) is 12.7 Å². The van der Waals surface area contributed by atoms with Gasteiger partial charge in [0.1, 0.15) is 17.7 Å². The van der Waals surface area contributed by atoms with E-state index in [1.54, 1.807) is 30.1 Å². The van der Waals surface area contributed by atoms with Gasteiger partial charge in [-0.2, -0.15) is 0 Å². The Morgan fingerprint density at radius 1 is 1.14 bits per heavy atom. The van der Waals surface area contributed by atoms with Crippen LogP contribution in [-0.2, 0) is 16.1 Å². The number of nitrogens with two attached hydrogens (primary N) is 1. The number of ether oxygens (including phenoxy) is 1. The zero-order valence-electron chi connectivity index (χ0n) is 25.2. The summed E-state index contributed by atoms with van der Waals surface area (Å²) in [6.45, 7) is 8.77. The minimum Gasteiger partial charge on any atom is -0.449 e. The number of halogens is 1. The second-order valence-corrected chi connectivity index (χ2v) is 11.5. The van der Waals surface area contributed by atoms with Crippen molar-refractivity contribution >= 4 is 40.0 Å². The monoisotopic (exact) mass is 583 g/mol. The number of pyridine rings is 1. The summed E-state index contributed by atoms with van der Waals surface area (Å²) >= 11 is 0. The molecule has 4 N–H and O–H groups in total. The van der Waals surface area contributed by atoms with Gasteiger partial charge >= 0.3 is 6.09 Å². The molecule has 0 saturated heterocycles. The molecular formula is C34H38FN5O3. The van der Waals surface area contributed by atoms with Crippen molar-refractivity contribution < 1.29 is 18.7 Å². The third-order valence-electron chi connectivity index (χ3n) is 8.37. The van der Waals surface area contributed by atoms with Gasteiger partial charge < -0.3 is 20.7 Å². The largest absolute Gasteiger partial charge is 0.449 e. The number of nitrogens with zero attached hydrogens (tertiary/aromatic N) is 2. The summed E-state index contributed by atoms with van der Waals surface area (Å²) in [4.78, 5) is 32.5. The number of rotatable bonds is 4. The van der Waals surface area contributed by atoms with Crippen molar-refractivity contribution in [3.63, 3.8) is 0 Å². The van der Waals surface area contributed by atoms with E-state index in [-0.39, 0.29) is 30.2 Å². The fraction of sp³-hybridized carbons (Fsp3) is 0.324. The summed E-state index contributed by atoms with van der Waals surface area (Å²) in [6, 6.07) is 16.0. The number of carbonyl (C=O) groups excluding carboxylic acids is 2. The number of amides is 2. The maximum absolute atomic E-state index is 14.7. The van der Waals surface area contributed by atoms with Crippen LogP contribution in [0.25, 0.3) is 10.8 Å². The summed E-state index contributed by atoms with van der Waals surface area (Å²) in [6.07, 6.45) is 1.50. The topological polar surface area (TPSA) is 110 Å². The average Bonchev–Trinajstić information content (AvgIpc) is 2.99. The molecule has 8 nitrogen and oxygen atoms in total. The average molecular weight is 584 g/mol. The van der Waals surface area contributed by atoms with Crippen LogP contribution in [0.2, 0.25) is 0 Å². The smallest absolute Gasteiger partial charge is 0.411 e. The Morgan fingerprint density at radius 2 is 1.93 bits per heavy atom. The molecule has 0 saturated carbocycles. The molecule has 0 fully saturated rings. The van der Waals surface area contributed by atoms with Crippen molar-refractivity contribution in [3.05, 3.63) is 94.4 Å². The van der Waals surface area contributed by atoms with Crippen molar-refractivity contribution in [1.82, 2.24) is 9.88 Å². The molecule has 4 aromatic rings. The number of hydrogen-bond donors (Lipinski definition) is 3. The lowest BCUT2D eigenvalue weighted by atomic mass is 9.92. The van der Waals surface area contributed by atoms with Gasteiger partial charge in [0.2, 0.25) is 5.91 Å². The van der Waals surface area contributed by atoms with Crippen molar-refractivity contribution in [1.29, 1.82) is 0 Å². The molecule has 0 unspecified atom stereocenters. The molecule has 9 heteroatoms. The van der Waals surface area contributed by atoms with Gasteiger partial charge in [0.05, 0.1) is 12.8 Å². The van der Waals surface area contributed by atoms with Gasteiger partial charge in [-0.3, -0.25) is 10.1 Å². The van der Waals surface area contributed by atoms with Gasteiger partial charge in [0.15, 0.2) is 0 Å². The summed E-state index contributed by atoms with van der Waals surface area (Å²) in [7, 11) is 1.77. The van der Waals surface area contributed by atoms with Crippen molar-refractivity contribution in [2.45, 2.75) is 58.5 Å². The SMILES string of the molecule is CC[C@@H](C)c1ccc2cc1CN(C)C(=O)[C@H](Nc1ccc3c(N)ncc(F)c3c1)c1ccc(c(C)c1)[C@@H](C)COC(=O)N2. The number of benzene rings is 3. The molecule has 4 bridgehead atoms. The number of fused-ring (bicyclic) bond motifs is 10. The van der Waals surface area contributed by atoms with Crippen molar-refractivity contribution in [3.8, 4) is 0 Å². The van der Waals surface area contributed by atoms with Crippen LogP contribution in [-0.4, -0.2) is 35.5 Å². The zero-order valence-corrected chi connectivity index (χ0v) is 25.2. The normalized spacial score (nSPS) is 18.3. The van der Waals surface area contributed by atoms with Crippen molar-refractivity contribution in [2.75, 3.05) is 30.0 Å². The van der Waals surface area contributed by atoms with Crippen LogP contribution in [0.1, 0.15) is 72.9 Å². The van der Waals surface area contributed by atoms with Crippen LogP contribution in [0.3, 0.4) is 0 Å². The lowest BCUT2D eigenvalue weighted by molar-refractivity contribution is -0.131. The Hall–Kier alpha value is -4.66. The first-order chi connectivity index (χ1) is 20.5. The summed E-state index contributed by atoms with van der Waals surface area (Å²) < 4.78 is 20.3. The third kappa shape index (κ3) is 6.26. The second kappa shape index (κ2) is 12.3. The molecule has 2 amide bonds. The molecule has 2 aliphatic heterocycles. The predicted molar refractivity (Wildman–Crippen MR) is 169 cm³/mol. The molecule has 3 atom stereocenters. The number of likely N-dealkylation sites (N-methyl/N-ethyl adjacent to an activating group) is 1. The van der Waals surface area contributed by atoms with Gasteiger partial charge in [-0.1, -0.05) is 45.0 Å². The third-order valence-corrected chi connectivity index (χ3v) is 8.37. The molecule has 3 heterocycles. The summed E-state index contributed by atoms with van der Waals surface area (Å²) in [5.74, 6) is -0.221. The summed E-state index contributed by atoms with van der Waals surface area (Å²) in [5.41, 5.74) is 12.0. The van der Waals surface area contributed by atoms with Crippen LogP contribution in [0.4, 0.5) is 26.4 Å². The van der Waals surface area contributed by atoms with Gasteiger partial charge in [0.25, 0.3) is 0 Å². The highest BCUT2D eigenvalue weighted by Gasteiger charge is 2.27. The fourth-order valence-electron chi connectivity index (χ4n) is 5.73. The molecule has 3 aromatic carbocycles. The van der Waals surface area contributed by atoms with E-state index in [1.165, 1.54) is 0 Å². The maximum atomic E-state index is 14.7. The van der Waals surface area contributed by atoms with E-state index in [0.717, 1.165) is 40.4 Å². The van der Waals surface area contributed by atoms with Gasteiger partial charge in [0, 0.05) is 41.7 Å². The first-order valence-corrected chi connectivity index (χ1v) is 14.6. The van der Waals surface area contributed by atoms with E-state index in [4.69, 9.17) is 10.5 Å². The van der Waals surface area contributed by atoms with Crippen LogP contribution < -0.4 is 16.4 Å². The summed E-state index contributed by atoms with van der Waals surface area (Å²) in [5, 5.41) is 7.05. The molecule has 1 aromatic heterocycles. The second-order valence-electron chi connectivity index (χ2n) is 11.5. The van der Waals surface area contributed by atoms with Gasteiger partial charge in [-0.15, -0.1) is 0 Å². The maximum Gasteiger partial charge on any atom is 0.411 e. The molecule has 6 rings (SSSR count). The first kappa shape index (κ1) is 29.8. The number of nitrogens with one attached hydrogen (secondary N) is 2. The van der Waals surface area contributed by atoms with E-state index < -0.39 is 18.0 Å². The van der Waals surface area contributed by atoms with Crippen LogP contribution >= 0.6 is 0 Å². The highest BCUT2D eigenvalue weighted by Crippen LogP contribution is 2.32. The molecule has 0 radical (unpaired) electrons. The van der Waals surface area contributed by atoms with Crippen LogP contribution in [0.15, 0.2) is 60.8 Å². The van der Waals surface area contributed by atoms with E-state index in [0.29, 0.717) is 28.7 Å². The Balaban J connectivity index is 1.59. The van der Waals surface area contributed by atoms with E-state index in [9.17, 15) is 14.0 Å². The Kier molecular flexibility index (Phi) is 8.52. The Bertz CT molecular complexity index is 1690. The minimum atomic E-state index is -0.758. The molecule has 0 spiro atoms. The van der Waals surface area contributed by atoms with E-state index in [1.807, 2.05) is 50.2 Å². The molecular weight excluding hydrogens is 545 g/mol. The lowest BCUT2D eigenvalue weighted by Gasteiger charge is -2.28. The Labute approximate surface area is 251 Å². The van der Waals surface area contributed by atoms with E-state index >= 15 is 0 Å². The number of aromatic nitrogens is 1. The van der Waals surface area contributed by atoms with Crippen molar-refractivity contribution in [2.24, 2.45) is 0 Å². The number of hydrogen-bond acceptors (Lipinski definition) is 6. The lowest BCUT2D eigenvalue weighted by Crippen LogP contribution is -2.35. The number of nitrogen functional groups attached to an aromatic ring is 1. The van der Waals surface area contributed by atoms with Gasteiger partial charge in [-0.05, 0) is 77.4 Å².